The normalized spacial score (nSPS) is 15.0. The molecule has 2 aliphatic rings. The monoisotopic (exact) mass is 1030 g/mol. The van der Waals surface area contributed by atoms with Crippen LogP contribution in [0.5, 0.6) is 11.5 Å². The van der Waals surface area contributed by atoms with E-state index in [-0.39, 0.29) is 5.41 Å². The smallest absolute Gasteiger partial charge is 0.192 e. The largest absolute Gasteiger partial charge is 0.458 e. The average Bonchev–Trinajstić information content (AvgIpc) is 3.94. The summed E-state index contributed by atoms with van der Waals surface area (Å²) < 4.78 is 17.2. The second kappa shape index (κ2) is 17.4. The predicted molar refractivity (Wildman–Crippen MR) is 331 cm³/mol. The van der Waals surface area contributed by atoms with E-state index in [9.17, 15) is 0 Å². The molecule has 16 rings (SSSR count). The number of nitrogens with zero attached hydrogens (tertiary/aromatic N) is 1. The van der Waals surface area contributed by atoms with Crippen LogP contribution >= 0.6 is 0 Å². The number of rotatable bonds is 7. The lowest BCUT2D eigenvalue weighted by molar-refractivity contribution is 0.487. The van der Waals surface area contributed by atoms with Gasteiger partial charge in [-0.3, -0.25) is 0 Å². The molecule has 0 radical (unpaired) electrons. The molecular weight excluding hydrogens is 975 g/mol. The first kappa shape index (κ1) is 45.5. The molecule has 0 bridgehead atoms. The molecule has 3 nitrogen and oxygen atoms in total. The third-order valence-corrected chi connectivity index (χ3v) is 22.2. The summed E-state index contributed by atoms with van der Waals surface area (Å²) in [4.78, 5) is 0. The molecule has 372 valence electrons. The lowest BCUT2D eigenvalue weighted by Gasteiger charge is -2.39. The van der Waals surface area contributed by atoms with Crippen LogP contribution in [-0.2, 0) is 5.41 Å². The lowest BCUT2D eigenvalue weighted by Crippen LogP contribution is -2.76. The van der Waals surface area contributed by atoms with Gasteiger partial charge >= 0.3 is 0 Å². The zero-order valence-electron chi connectivity index (χ0n) is 43.7. The number of fused-ring (bicyclic) bond motifs is 11. The van der Waals surface area contributed by atoms with Crippen LogP contribution in [0.3, 0.4) is 0 Å². The van der Waals surface area contributed by atoms with Crippen LogP contribution in [-0.4, -0.2) is 12.6 Å². The SMILES string of the molecule is CC1(C)c2ccccc2-c2ccc(-c3ccc([Si]4(c5cccc6c5oc5cccc(-n7c8ccccc8c8ccccc87)c56)c5ccccc5Oc5cc(-c6ccc(-c7ccccc7)cc6-c6ccccc6)ccc54)cc3)cc21. The van der Waals surface area contributed by atoms with E-state index in [4.69, 9.17) is 9.15 Å². The molecule has 0 amide bonds. The van der Waals surface area contributed by atoms with Gasteiger partial charge in [0, 0.05) is 21.6 Å². The Labute approximate surface area is 459 Å². The fourth-order valence-corrected chi connectivity index (χ4v) is 18.7. The predicted octanol–water partition coefficient (Wildman–Crippen LogP) is 17.1. The molecule has 79 heavy (non-hydrogen) atoms. The van der Waals surface area contributed by atoms with Crippen molar-refractivity contribution in [3.63, 3.8) is 0 Å². The van der Waals surface area contributed by atoms with Gasteiger partial charge in [0.05, 0.1) is 22.1 Å². The maximum atomic E-state index is 7.44. The van der Waals surface area contributed by atoms with E-state index in [0.717, 1.165) is 66.8 Å². The van der Waals surface area contributed by atoms with Gasteiger partial charge in [0.1, 0.15) is 22.7 Å². The number of furan rings is 1. The van der Waals surface area contributed by atoms with Crippen LogP contribution in [0.25, 0.3) is 105 Å². The summed E-state index contributed by atoms with van der Waals surface area (Å²) in [6.07, 6.45) is 0. The van der Waals surface area contributed by atoms with E-state index in [1.165, 1.54) is 81.6 Å². The highest BCUT2D eigenvalue weighted by molar-refractivity contribution is 7.21. The van der Waals surface area contributed by atoms with Crippen LogP contribution in [0.2, 0.25) is 0 Å². The van der Waals surface area contributed by atoms with Crippen LogP contribution in [0.4, 0.5) is 0 Å². The summed E-state index contributed by atoms with van der Waals surface area (Å²) in [5.74, 6) is 1.72. The maximum absolute atomic E-state index is 7.44. The highest BCUT2D eigenvalue weighted by Gasteiger charge is 2.50. The molecule has 1 unspecified atom stereocenters. The molecule has 2 aromatic heterocycles. The number of para-hydroxylation sites is 4. The zero-order chi connectivity index (χ0) is 52.4. The molecule has 0 N–H and O–H groups in total. The van der Waals surface area contributed by atoms with Gasteiger partial charge in [0.25, 0.3) is 0 Å². The van der Waals surface area contributed by atoms with Gasteiger partial charge in [0.15, 0.2) is 8.07 Å². The zero-order valence-corrected chi connectivity index (χ0v) is 44.7. The summed E-state index contributed by atoms with van der Waals surface area (Å²) >= 11 is 0. The quantitative estimate of drug-likeness (QED) is 0.149. The van der Waals surface area contributed by atoms with E-state index in [1.54, 1.807) is 0 Å². The Hall–Kier alpha value is -9.74. The van der Waals surface area contributed by atoms with Crippen molar-refractivity contribution in [1.29, 1.82) is 0 Å². The van der Waals surface area contributed by atoms with E-state index in [1.807, 2.05) is 0 Å². The van der Waals surface area contributed by atoms with Crippen LogP contribution in [0.1, 0.15) is 25.0 Å². The van der Waals surface area contributed by atoms with Crippen LogP contribution in [0.15, 0.2) is 277 Å². The van der Waals surface area contributed by atoms with Gasteiger partial charge in [-0.2, -0.15) is 0 Å². The first-order chi connectivity index (χ1) is 38.9. The number of ether oxygens (including phenoxy) is 1. The number of hydrogen-bond acceptors (Lipinski definition) is 2. The summed E-state index contributed by atoms with van der Waals surface area (Å²) in [6.45, 7) is 4.72. The number of benzene rings is 12. The van der Waals surface area contributed by atoms with Gasteiger partial charge in [-0.15, -0.1) is 0 Å². The van der Waals surface area contributed by atoms with Gasteiger partial charge in [-0.1, -0.05) is 238 Å². The lowest BCUT2D eigenvalue weighted by atomic mass is 9.81. The average molecular weight is 1030 g/mol. The Morgan fingerprint density at radius 1 is 0.354 bits per heavy atom. The molecule has 1 atom stereocenters. The number of hydrogen-bond donors (Lipinski definition) is 0. The van der Waals surface area contributed by atoms with Crippen molar-refractivity contribution in [1.82, 2.24) is 4.57 Å². The van der Waals surface area contributed by atoms with E-state index in [0.29, 0.717) is 0 Å². The summed E-state index contributed by atoms with van der Waals surface area (Å²) in [5, 5.41) is 9.43. The Kier molecular flexibility index (Phi) is 10.0. The molecule has 1 aliphatic carbocycles. The molecule has 0 saturated heterocycles. The topological polar surface area (TPSA) is 27.3 Å². The second-order valence-electron chi connectivity index (χ2n) is 21.9. The van der Waals surface area contributed by atoms with Crippen molar-refractivity contribution < 1.29 is 9.15 Å². The van der Waals surface area contributed by atoms with Crippen molar-refractivity contribution in [2.24, 2.45) is 0 Å². The molecule has 3 heterocycles. The standard InChI is InChI=1S/C75H51NO2Si/c1-75(2)62-27-12-9-23-56(62)57-43-38-52(46-63(57)75)49-35-40-54(41-36-49)79(72-34-17-26-60-73-66(30-18-32-68(73)78-74(60)72)76-64-28-13-10-24-58(64)59-25-11-14-29-65(59)76)70-33-16-15-31-67(70)77-69-47-53(39-44-71(69)79)55-42-37-51(48-19-5-3-6-20-48)45-61(55)50-21-7-4-8-22-50/h3-47H,1-2H3. The molecule has 0 saturated carbocycles. The minimum absolute atomic E-state index is 0.105. The van der Waals surface area contributed by atoms with Gasteiger partial charge in [-0.25, -0.2) is 0 Å². The minimum Gasteiger partial charge on any atom is -0.458 e. The second-order valence-corrected chi connectivity index (χ2v) is 25.6. The molecular formula is C75H51NO2Si. The molecule has 12 aromatic carbocycles. The van der Waals surface area contributed by atoms with Gasteiger partial charge in [-0.05, 0) is 136 Å². The molecule has 1 aliphatic heterocycles. The Morgan fingerprint density at radius 3 is 1.71 bits per heavy atom. The first-order valence-electron chi connectivity index (χ1n) is 27.4. The van der Waals surface area contributed by atoms with E-state index >= 15 is 0 Å². The fraction of sp³-hybridized carbons (Fsp3) is 0.0400. The third-order valence-electron chi connectivity index (χ3n) is 17.4. The highest BCUT2D eigenvalue weighted by atomic mass is 28.3. The van der Waals surface area contributed by atoms with Crippen molar-refractivity contribution >= 4 is 72.6 Å². The molecule has 0 spiro atoms. The van der Waals surface area contributed by atoms with Crippen LogP contribution < -0.4 is 25.5 Å². The Balaban J connectivity index is 0.939. The molecule has 14 aromatic rings. The third kappa shape index (κ3) is 6.71. The van der Waals surface area contributed by atoms with Crippen molar-refractivity contribution in [3.05, 3.63) is 284 Å². The Bertz CT molecular complexity index is 4720. The van der Waals surface area contributed by atoms with E-state index in [2.05, 4.69) is 291 Å². The first-order valence-corrected chi connectivity index (χ1v) is 29.4. The molecule has 0 fully saturated rings. The van der Waals surface area contributed by atoms with Gasteiger partial charge < -0.3 is 13.7 Å². The molecule has 4 heteroatoms. The van der Waals surface area contributed by atoms with Crippen LogP contribution in [0, 0.1) is 0 Å². The summed E-state index contributed by atoms with van der Waals surface area (Å²) in [5.41, 5.74) is 19.8. The minimum atomic E-state index is -3.36. The van der Waals surface area contributed by atoms with Crippen molar-refractivity contribution in [3.8, 4) is 72.8 Å². The van der Waals surface area contributed by atoms with Crippen molar-refractivity contribution in [2.75, 3.05) is 0 Å². The Morgan fingerprint density at radius 2 is 0.924 bits per heavy atom. The maximum Gasteiger partial charge on any atom is 0.192 e. The van der Waals surface area contributed by atoms with Gasteiger partial charge in [0.2, 0.25) is 0 Å². The number of aromatic nitrogens is 1. The summed E-state index contributed by atoms with van der Waals surface area (Å²) in [7, 11) is -3.36. The van der Waals surface area contributed by atoms with E-state index < -0.39 is 8.07 Å². The highest BCUT2D eigenvalue weighted by Crippen LogP contribution is 2.50. The summed E-state index contributed by atoms with van der Waals surface area (Å²) in [6, 6.07) is 100. The fourth-order valence-electron chi connectivity index (χ4n) is 13.7. The van der Waals surface area contributed by atoms with Crippen molar-refractivity contribution in [2.45, 2.75) is 19.3 Å².